The van der Waals surface area contributed by atoms with E-state index in [4.69, 9.17) is 11.6 Å². The summed E-state index contributed by atoms with van der Waals surface area (Å²) in [7, 11) is 0. The number of aromatic nitrogens is 1. The lowest BCUT2D eigenvalue weighted by molar-refractivity contribution is 0.367. The summed E-state index contributed by atoms with van der Waals surface area (Å²) >= 11 is 7.83. The smallest absolute Gasteiger partial charge is 0.115 e. The van der Waals surface area contributed by atoms with Gasteiger partial charge in [0.15, 0.2) is 0 Å². The SMILES string of the molecule is Clc1cccnc1SCCC1CCNCC1. The molecule has 1 aromatic rings. The molecule has 2 nitrogen and oxygen atoms in total. The van der Waals surface area contributed by atoms with Crippen molar-refractivity contribution in [2.75, 3.05) is 18.8 Å². The van der Waals surface area contributed by atoms with E-state index in [1.54, 1.807) is 18.0 Å². The Morgan fingerprint density at radius 1 is 1.44 bits per heavy atom. The molecule has 0 radical (unpaired) electrons. The van der Waals surface area contributed by atoms with Crippen LogP contribution in [0.25, 0.3) is 0 Å². The van der Waals surface area contributed by atoms with Crippen molar-refractivity contribution in [2.24, 2.45) is 5.92 Å². The van der Waals surface area contributed by atoms with Crippen molar-refractivity contribution >= 4 is 23.4 Å². The van der Waals surface area contributed by atoms with Crippen LogP contribution < -0.4 is 5.32 Å². The fraction of sp³-hybridized carbons (Fsp3) is 0.583. The third kappa shape index (κ3) is 3.65. The maximum atomic E-state index is 6.05. The lowest BCUT2D eigenvalue weighted by atomic mass is 9.96. The second kappa shape index (κ2) is 6.48. The highest BCUT2D eigenvalue weighted by molar-refractivity contribution is 7.99. The standard InChI is InChI=1S/C12H17ClN2S/c13-11-2-1-6-15-12(11)16-9-5-10-3-7-14-8-4-10/h1-2,6,10,14H,3-5,7-9H2. The Hall–Kier alpha value is -0.250. The lowest BCUT2D eigenvalue weighted by Gasteiger charge is -2.22. The number of pyridine rings is 1. The Morgan fingerprint density at radius 2 is 2.25 bits per heavy atom. The molecule has 0 saturated carbocycles. The molecule has 0 spiro atoms. The normalized spacial score (nSPS) is 17.6. The number of halogens is 1. The molecular weight excluding hydrogens is 240 g/mol. The van der Waals surface area contributed by atoms with Crippen LogP contribution in [0.4, 0.5) is 0 Å². The quantitative estimate of drug-likeness (QED) is 0.838. The van der Waals surface area contributed by atoms with E-state index in [9.17, 15) is 0 Å². The molecule has 1 saturated heterocycles. The van der Waals surface area contributed by atoms with Gasteiger partial charge in [0.05, 0.1) is 5.02 Å². The van der Waals surface area contributed by atoms with Gasteiger partial charge < -0.3 is 5.32 Å². The van der Waals surface area contributed by atoms with E-state index < -0.39 is 0 Å². The molecule has 88 valence electrons. The predicted molar refractivity (Wildman–Crippen MR) is 70.2 cm³/mol. The van der Waals surface area contributed by atoms with Crippen LogP contribution in [-0.2, 0) is 0 Å². The second-order valence-electron chi connectivity index (χ2n) is 4.12. The van der Waals surface area contributed by atoms with Gasteiger partial charge in [0.25, 0.3) is 0 Å². The summed E-state index contributed by atoms with van der Waals surface area (Å²) in [5.74, 6) is 2.01. The Balaban J connectivity index is 1.73. The number of hydrogen-bond donors (Lipinski definition) is 1. The molecule has 0 aromatic carbocycles. The molecule has 0 unspecified atom stereocenters. The Kier molecular flexibility index (Phi) is 4.94. The van der Waals surface area contributed by atoms with Gasteiger partial charge in [0.1, 0.15) is 5.03 Å². The number of rotatable bonds is 4. The van der Waals surface area contributed by atoms with Crippen molar-refractivity contribution in [3.8, 4) is 0 Å². The first kappa shape index (κ1) is 12.2. The van der Waals surface area contributed by atoms with Gasteiger partial charge in [-0.3, -0.25) is 0 Å². The van der Waals surface area contributed by atoms with Crippen molar-refractivity contribution < 1.29 is 0 Å². The molecule has 1 aromatic heterocycles. The van der Waals surface area contributed by atoms with Crippen molar-refractivity contribution in [1.82, 2.24) is 10.3 Å². The van der Waals surface area contributed by atoms with Crippen LogP contribution in [0.3, 0.4) is 0 Å². The molecule has 0 amide bonds. The molecule has 16 heavy (non-hydrogen) atoms. The maximum absolute atomic E-state index is 6.05. The first-order valence-corrected chi connectivity index (χ1v) is 7.16. The summed E-state index contributed by atoms with van der Waals surface area (Å²) < 4.78 is 0. The number of thioether (sulfide) groups is 1. The Morgan fingerprint density at radius 3 is 3.00 bits per heavy atom. The second-order valence-corrected chi connectivity index (χ2v) is 5.61. The molecule has 4 heteroatoms. The fourth-order valence-electron chi connectivity index (χ4n) is 1.97. The third-order valence-electron chi connectivity index (χ3n) is 2.95. The molecule has 1 fully saturated rings. The number of nitrogens with zero attached hydrogens (tertiary/aromatic N) is 1. The molecule has 0 aliphatic carbocycles. The largest absolute Gasteiger partial charge is 0.317 e. The summed E-state index contributed by atoms with van der Waals surface area (Å²) in [4.78, 5) is 4.28. The number of piperidine rings is 1. The number of hydrogen-bond acceptors (Lipinski definition) is 3. The van der Waals surface area contributed by atoms with Gasteiger partial charge in [0.2, 0.25) is 0 Å². The van der Waals surface area contributed by atoms with Crippen LogP contribution in [0.15, 0.2) is 23.4 Å². The zero-order valence-electron chi connectivity index (χ0n) is 9.29. The predicted octanol–water partition coefficient (Wildman–Crippen LogP) is 3.22. The highest BCUT2D eigenvalue weighted by Crippen LogP contribution is 2.27. The third-order valence-corrected chi connectivity index (χ3v) is 4.40. The van der Waals surface area contributed by atoms with E-state index in [-0.39, 0.29) is 0 Å². The summed E-state index contributed by atoms with van der Waals surface area (Å²) in [6.07, 6.45) is 5.71. The Labute approximate surface area is 106 Å². The van der Waals surface area contributed by atoms with E-state index in [1.807, 2.05) is 12.1 Å². The molecule has 0 atom stereocenters. The Bertz CT molecular complexity index is 327. The molecule has 1 N–H and O–H groups in total. The van der Waals surface area contributed by atoms with Gasteiger partial charge in [-0.1, -0.05) is 11.6 Å². The monoisotopic (exact) mass is 256 g/mol. The van der Waals surface area contributed by atoms with Gasteiger partial charge >= 0.3 is 0 Å². The maximum Gasteiger partial charge on any atom is 0.115 e. The molecule has 1 aliphatic rings. The minimum Gasteiger partial charge on any atom is -0.317 e. The summed E-state index contributed by atoms with van der Waals surface area (Å²) in [5, 5.41) is 5.14. The summed E-state index contributed by atoms with van der Waals surface area (Å²) in [6.45, 7) is 2.36. The van der Waals surface area contributed by atoms with E-state index >= 15 is 0 Å². The molecular formula is C12H17ClN2S. The van der Waals surface area contributed by atoms with Crippen LogP contribution in [0.2, 0.25) is 5.02 Å². The minimum absolute atomic E-state index is 0.776. The van der Waals surface area contributed by atoms with Crippen molar-refractivity contribution in [3.05, 3.63) is 23.4 Å². The highest BCUT2D eigenvalue weighted by atomic mass is 35.5. The molecule has 2 heterocycles. The van der Waals surface area contributed by atoms with E-state index in [0.29, 0.717) is 0 Å². The average Bonchev–Trinajstić information content (AvgIpc) is 2.33. The zero-order chi connectivity index (χ0) is 11.2. The minimum atomic E-state index is 0.776. The van der Waals surface area contributed by atoms with Crippen molar-refractivity contribution in [2.45, 2.75) is 24.3 Å². The summed E-state index contributed by atoms with van der Waals surface area (Å²) in [6, 6.07) is 3.78. The average molecular weight is 257 g/mol. The molecule has 2 rings (SSSR count). The zero-order valence-corrected chi connectivity index (χ0v) is 10.9. The fourth-order valence-corrected chi connectivity index (χ4v) is 3.24. The van der Waals surface area contributed by atoms with Gasteiger partial charge in [-0.25, -0.2) is 4.98 Å². The molecule has 1 aliphatic heterocycles. The van der Waals surface area contributed by atoms with Crippen LogP contribution >= 0.6 is 23.4 Å². The van der Waals surface area contributed by atoms with Gasteiger partial charge in [-0.15, -0.1) is 11.8 Å². The van der Waals surface area contributed by atoms with E-state index in [0.717, 1.165) is 21.7 Å². The van der Waals surface area contributed by atoms with Gasteiger partial charge in [-0.2, -0.15) is 0 Å². The van der Waals surface area contributed by atoms with Gasteiger partial charge in [0, 0.05) is 6.20 Å². The van der Waals surface area contributed by atoms with Crippen LogP contribution in [0.1, 0.15) is 19.3 Å². The van der Waals surface area contributed by atoms with E-state index in [2.05, 4.69) is 10.3 Å². The van der Waals surface area contributed by atoms with Crippen molar-refractivity contribution in [3.63, 3.8) is 0 Å². The van der Waals surface area contributed by atoms with Gasteiger partial charge in [-0.05, 0) is 56.2 Å². The van der Waals surface area contributed by atoms with E-state index in [1.165, 1.54) is 32.4 Å². The van der Waals surface area contributed by atoms with Crippen LogP contribution in [-0.4, -0.2) is 23.8 Å². The first-order chi connectivity index (χ1) is 7.86. The number of nitrogens with one attached hydrogen (secondary N) is 1. The molecule has 0 bridgehead atoms. The highest BCUT2D eigenvalue weighted by Gasteiger charge is 2.12. The van der Waals surface area contributed by atoms with Crippen molar-refractivity contribution in [1.29, 1.82) is 0 Å². The topological polar surface area (TPSA) is 24.9 Å². The first-order valence-electron chi connectivity index (χ1n) is 5.80. The lowest BCUT2D eigenvalue weighted by Crippen LogP contribution is -2.27. The van der Waals surface area contributed by atoms with Crippen LogP contribution in [0, 0.1) is 5.92 Å². The van der Waals surface area contributed by atoms with Crippen LogP contribution in [0.5, 0.6) is 0 Å². The summed E-state index contributed by atoms with van der Waals surface area (Å²) in [5.41, 5.74) is 0.